The lowest BCUT2D eigenvalue weighted by atomic mass is 9.81. The summed E-state index contributed by atoms with van der Waals surface area (Å²) >= 11 is 28.4. The molecule has 2 amide bonds. The Balaban J connectivity index is 1.25. The number of ether oxygens (including phenoxy) is 2. The molecular weight excluding hydrogens is 803 g/mol. The Kier molecular flexibility index (Phi) is 11.6. The minimum Gasteiger partial charge on any atom is -0.492 e. The second-order valence-electron chi connectivity index (χ2n) is 13.9. The molecule has 2 atom stereocenters. The number of halogens is 6. The molecule has 2 N–H and O–H groups in total. The highest BCUT2D eigenvalue weighted by atomic mass is 79.9. The predicted molar refractivity (Wildman–Crippen MR) is 204 cm³/mol. The number of hydrogen-bond acceptors (Lipinski definition) is 5. The first-order valence-electron chi connectivity index (χ1n) is 16.9. The van der Waals surface area contributed by atoms with Gasteiger partial charge in [0.05, 0.1) is 23.2 Å². The minimum absolute atomic E-state index is 0.232. The molecule has 51 heavy (non-hydrogen) atoms. The number of alkyl halides is 3. The molecule has 2 heterocycles. The zero-order chi connectivity index (χ0) is 36.6. The molecule has 3 aromatic carbocycles. The van der Waals surface area contributed by atoms with Gasteiger partial charge >= 0.3 is 6.09 Å². The summed E-state index contributed by atoms with van der Waals surface area (Å²) in [6, 6.07) is 19.3. The topological polar surface area (TPSA) is 79.9 Å². The largest absolute Gasteiger partial charge is 0.492 e. The Morgan fingerprint density at radius 2 is 1.78 bits per heavy atom. The third kappa shape index (κ3) is 8.82. The van der Waals surface area contributed by atoms with Gasteiger partial charge in [-0.15, -0.1) is 0 Å². The molecule has 272 valence electrons. The number of amides is 2. The smallest absolute Gasteiger partial charge is 0.411 e. The Morgan fingerprint density at radius 3 is 2.47 bits per heavy atom. The van der Waals surface area contributed by atoms with Crippen molar-refractivity contribution in [3.05, 3.63) is 104 Å². The predicted octanol–water partition coefficient (Wildman–Crippen LogP) is 9.23. The van der Waals surface area contributed by atoms with Gasteiger partial charge in [0.2, 0.25) is 9.70 Å². The first-order valence-corrected chi connectivity index (χ1v) is 19.2. The monoisotopic (exact) mass is 839 g/mol. The van der Waals surface area contributed by atoms with Crippen molar-refractivity contribution in [2.75, 3.05) is 19.7 Å². The summed E-state index contributed by atoms with van der Waals surface area (Å²) in [7, 11) is 0. The van der Waals surface area contributed by atoms with E-state index in [0.29, 0.717) is 53.4 Å². The fourth-order valence-electron chi connectivity index (χ4n) is 6.69. The van der Waals surface area contributed by atoms with Crippen molar-refractivity contribution in [3.63, 3.8) is 0 Å². The molecule has 3 aliphatic rings. The van der Waals surface area contributed by atoms with Crippen LogP contribution < -0.4 is 15.4 Å². The van der Waals surface area contributed by atoms with E-state index in [9.17, 15) is 14.0 Å². The van der Waals surface area contributed by atoms with Gasteiger partial charge in [-0.05, 0) is 109 Å². The number of hydrogen-bond donors (Lipinski definition) is 2. The molecule has 0 spiro atoms. The molecule has 2 aliphatic heterocycles. The zero-order valence-electron chi connectivity index (χ0n) is 28.2. The van der Waals surface area contributed by atoms with Crippen molar-refractivity contribution in [3.8, 4) is 5.75 Å². The second-order valence-corrected chi connectivity index (χ2v) is 17.5. The lowest BCUT2D eigenvalue weighted by molar-refractivity contribution is -0.119. The maximum Gasteiger partial charge on any atom is 0.411 e. The van der Waals surface area contributed by atoms with E-state index in [1.165, 1.54) is 12.1 Å². The van der Waals surface area contributed by atoms with Crippen LogP contribution in [0.2, 0.25) is 5.02 Å². The van der Waals surface area contributed by atoms with Crippen LogP contribution in [0, 0.1) is 5.82 Å². The number of nitrogens with one attached hydrogen (secondary N) is 2. The Morgan fingerprint density at radius 1 is 1.06 bits per heavy atom. The lowest BCUT2D eigenvalue weighted by Crippen LogP contribution is -2.64. The first kappa shape index (κ1) is 38.2. The van der Waals surface area contributed by atoms with E-state index in [-0.39, 0.29) is 17.8 Å². The third-order valence-corrected chi connectivity index (χ3v) is 12.2. The molecule has 3 aromatic rings. The Bertz CT molecular complexity index is 1810. The second kappa shape index (κ2) is 15.4. The van der Waals surface area contributed by atoms with E-state index in [4.69, 9.17) is 55.9 Å². The van der Waals surface area contributed by atoms with Crippen LogP contribution in [0.4, 0.5) is 9.18 Å². The van der Waals surface area contributed by atoms with Crippen LogP contribution in [0.5, 0.6) is 5.75 Å². The van der Waals surface area contributed by atoms with Crippen molar-refractivity contribution in [1.82, 2.24) is 15.5 Å². The molecule has 0 aromatic heterocycles. The summed E-state index contributed by atoms with van der Waals surface area (Å²) in [5, 5.41) is 7.42. The molecule has 2 bridgehead atoms. The average Bonchev–Trinajstić information content (AvgIpc) is 3.83. The number of rotatable bonds is 11. The number of nitrogens with zero attached hydrogens (tertiary/aromatic N) is 1. The lowest BCUT2D eigenvalue weighted by Gasteiger charge is -2.48. The normalized spacial score (nSPS) is 19.8. The highest BCUT2D eigenvalue weighted by Gasteiger charge is 2.51. The van der Waals surface area contributed by atoms with Crippen LogP contribution in [-0.2, 0) is 22.4 Å². The summed E-state index contributed by atoms with van der Waals surface area (Å²) in [5.41, 5.74) is 2.51. The maximum absolute atomic E-state index is 14.5. The SMILES string of the molecule is CC(C)(OC(=O)N1C2CNC[C@@H]1C(C(=O)NC1(Cc3ccccc3Cl)CC1)=C(c1ccc(CCCOc3cc(F)ccc3Br)cc1)C2)C(Cl)(Cl)Cl. The number of carbonyl (C=O) groups is 2. The highest BCUT2D eigenvalue weighted by Crippen LogP contribution is 2.44. The molecule has 6 rings (SSSR count). The number of aryl methyl sites for hydroxylation is 1. The van der Waals surface area contributed by atoms with Crippen LogP contribution in [0.25, 0.3) is 5.57 Å². The molecule has 1 saturated carbocycles. The third-order valence-electron chi connectivity index (χ3n) is 9.81. The average molecular weight is 842 g/mol. The molecule has 0 radical (unpaired) electrons. The molecule has 1 saturated heterocycles. The van der Waals surface area contributed by atoms with Crippen LogP contribution in [0.1, 0.15) is 56.2 Å². The molecule has 13 heteroatoms. The van der Waals surface area contributed by atoms with Gasteiger partial charge in [-0.2, -0.15) is 0 Å². The molecular formula is C38H39BrCl4FN3O4. The van der Waals surface area contributed by atoms with Crippen molar-refractivity contribution < 1.29 is 23.5 Å². The van der Waals surface area contributed by atoms with Gasteiger partial charge < -0.3 is 20.1 Å². The number of fused-ring (bicyclic) bond motifs is 2. The summed E-state index contributed by atoms with van der Waals surface area (Å²) < 4.78 is 24.1. The van der Waals surface area contributed by atoms with Gasteiger partial charge in [0.15, 0.2) is 5.60 Å². The standard InChI is InChI=1S/C38H39BrCl4FN3O4/c1-36(2,38(41,42)43)51-35(49)47-27-19-28(24-11-9-23(10-12-24)6-5-17-50-32-18-26(44)13-14-29(32)39)33(31(47)22-45-21-27)34(48)46-37(15-16-37)20-25-7-3-4-8-30(25)40/h3-4,7-14,18,27,31,45H,5-6,15-17,19-22H2,1-2H3,(H,46,48)/t27?,31-/m1/s1. The number of piperazine rings is 1. The van der Waals surface area contributed by atoms with Crippen molar-refractivity contribution in [2.24, 2.45) is 0 Å². The fraction of sp³-hybridized carbons (Fsp3) is 0.421. The Labute approximate surface area is 326 Å². The van der Waals surface area contributed by atoms with Gasteiger partial charge in [-0.25, -0.2) is 9.18 Å². The van der Waals surface area contributed by atoms with Crippen LogP contribution >= 0.6 is 62.3 Å². The minimum atomic E-state index is -1.87. The van der Waals surface area contributed by atoms with E-state index >= 15 is 0 Å². The van der Waals surface area contributed by atoms with E-state index in [0.717, 1.165) is 47.9 Å². The van der Waals surface area contributed by atoms with Gasteiger partial charge in [0.1, 0.15) is 11.6 Å². The van der Waals surface area contributed by atoms with E-state index in [1.807, 2.05) is 48.5 Å². The van der Waals surface area contributed by atoms with Crippen molar-refractivity contribution >= 4 is 79.9 Å². The van der Waals surface area contributed by atoms with Gasteiger partial charge in [-0.1, -0.05) is 88.9 Å². The summed E-state index contributed by atoms with van der Waals surface area (Å²) in [6.45, 7) is 4.37. The van der Waals surface area contributed by atoms with E-state index in [2.05, 4.69) is 26.6 Å². The van der Waals surface area contributed by atoms with Crippen molar-refractivity contribution in [1.29, 1.82) is 0 Å². The van der Waals surface area contributed by atoms with Gasteiger partial charge in [-0.3, -0.25) is 9.69 Å². The highest BCUT2D eigenvalue weighted by molar-refractivity contribution is 9.10. The summed E-state index contributed by atoms with van der Waals surface area (Å²) in [5.74, 6) is -0.118. The summed E-state index contributed by atoms with van der Waals surface area (Å²) in [4.78, 5) is 30.0. The van der Waals surface area contributed by atoms with Gasteiger partial charge in [0, 0.05) is 35.3 Å². The molecule has 7 nitrogen and oxygen atoms in total. The zero-order valence-corrected chi connectivity index (χ0v) is 32.8. The number of carbonyl (C=O) groups excluding carboxylic acids is 2. The maximum atomic E-state index is 14.5. The van der Waals surface area contributed by atoms with E-state index < -0.39 is 27.1 Å². The quantitative estimate of drug-likeness (QED) is 0.149. The van der Waals surface area contributed by atoms with Crippen molar-refractivity contribution in [2.45, 2.75) is 79.4 Å². The Hall–Kier alpha value is -2.53. The van der Waals surface area contributed by atoms with Crippen LogP contribution in [0.15, 0.2) is 76.8 Å². The number of benzene rings is 3. The molecule has 1 aliphatic carbocycles. The molecule has 2 fully saturated rings. The molecule has 1 unspecified atom stereocenters. The van der Waals surface area contributed by atoms with Crippen LogP contribution in [0.3, 0.4) is 0 Å². The van der Waals surface area contributed by atoms with Gasteiger partial charge in [0.25, 0.3) is 0 Å². The van der Waals surface area contributed by atoms with Crippen LogP contribution in [-0.4, -0.2) is 63.6 Å². The first-order chi connectivity index (χ1) is 24.2. The summed E-state index contributed by atoms with van der Waals surface area (Å²) in [6.07, 6.45) is 3.48. The fourth-order valence-corrected chi connectivity index (χ4v) is 7.37. The van der Waals surface area contributed by atoms with E-state index in [1.54, 1.807) is 24.8 Å².